The fourth-order valence-electron chi connectivity index (χ4n) is 2.65. The first-order valence-electron chi connectivity index (χ1n) is 7.81. The minimum Gasteiger partial charge on any atom is -0.379 e. The van der Waals surface area contributed by atoms with Crippen LogP contribution >= 0.6 is 0 Å². The second-order valence-corrected chi connectivity index (χ2v) is 7.71. The molecule has 1 fully saturated rings. The number of hydrogen-bond acceptors (Lipinski definition) is 4. The summed E-state index contributed by atoms with van der Waals surface area (Å²) >= 11 is 0. The molecular weight excluding hydrogens is 328 g/mol. The molecule has 1 saturated heterocycles. The first kappa shape index (κ1) is 16.9. The number of ether oxygens (including phenoxy) is 1. The van der Waals surface area contributed by atoms with Crippen LogP contribution in [0.25, 0.3) is 0 Å². The summed E-state index contributed by atoms with van der Waals surface area (Å²) in [6, 6.07) is 10.8. The Hall–Kier alpha value is -1.96. The first-order chi connectivity index (χ1) is 11.5. The molecule has 2 heterocycles. The number of morpholine rings is 1. The zero-order valence-electron chi connectivity index (χ0n) is 13.5. The number of aromatic nitrogens is 1. The van der Waals surface area contributed by atoms with E-state index in [1.165, 1.54) is 14.9 Å². The highest BCUT2D eigenvalue weighted by Crippen LogP contribution is 2.14. The maximum Gasteiger partial charge on any atom is 0.271 e. The fraction of sp³-hybridized carbons (Fsp3) is 0.353. The van der Waals surface area contributed by atoms with Crippen molar-refractivity contribution in [2.24, 2.45) is 0 Å². The number of aryl methyl sites for hydroxylation is 1. The minimum absolute atomic E-state index is 0.181. The molecule has 2 aromatic rings. The summed E-state index contributed by atoms with van der Waals surface area (Å²) in [4.78, 5) is 12.5. The van der Waals surface area contributed by atoms with E-state index in [1.54, 1.807) is 12.3 Å². The van der Waals surface area contributed by atoms with Crippen molar-refractivity contribution in [1.29, 1.82) is 0 Å². The Kier molecular flexibility index (Phi) is 4.84. The molecule has 1 aromatic carbocycles. The molecule has 0 unspecified atom stereocenters. The number of rotatable bonds is 4. The van der Waals surface area contributed by atoms with Gasteiger partial charge in [-0.05, 0) is 24.6 Å². The highest BCUT2D eigenvalue weighted by atomic mass is 32.2. The number of sulfonamides is 1. The Morgan fingerprint density at radius 2 is 1.75 bits per heavy atom. The van der Waals surface area contributed by atoms with Crippen LogP contribution in [-0.4, -0.2) is 43.6 Å². The third-order valence-electron chi connectivity index (χ3n) is 4.05. The average Bonchev–Trinajstić information content (AvgIpc) is 2.59. The van der Waals surface area contributed by atoms with Crippen LogP contribution < -0.4 is 5.56 Å². The van der Waals surface area contributed by atoms with Crippen molar-refractivity contribution in [3.63, 3.8) is 0 Å². The van der Waals surface area contributed by atoms with Gasteiger partial charge in [0, 0.05) is 19.3 Å². The highest BCUT2D eigenvalue weighted by molar-refractivity contribution is 7.89. The lowest BCUT2D eigenvalue weighted by Crippen LogP contribution is -2.43. The predicted octanol–water partition coefficient (Wildman–Crippen LogP) is 1.23. The van der Waals surface area contributed by atoms with Gasteiger partial charge < -0.3 is 9.30 Å². The molecule has 0 N–H and O–H groups in total. The van der Waals surface area contributed by atoms with Gasteiger partial charge in [-0.3, -0.25) is 4.79 Å². The molecular formula is C17H20N2O4S. The number of hydrogen-bond donors (Lipinski definition) is 0. The van der Waals surface area contributed by atoms with Crippen molar-refractivity contribution in [3.05, 3.63) is 64.1 Å². The van der Waals surface area contributed by atoms with Gasteiger partial charge in [-0.1, -0.05) is 29.8 Å². The fourth-order valence-corrected chi connectivity index (χ4v) is 4.15. The summed E-state index contributed by atoms with van der Waals surface area (Å²) < 4.78 is 33.4. The minimum atomic E-state index is -3.79. The van der Waals surface area contributed by atoms with Gasteiger partial charge in [0.25, 0.3) is 5.56 Å². The van der Waals surface area contributed by atoms with Crippen LogP contribution in [0.5, 0.6) is 0 Å². The van der Waals surface area contributed by atoms with Gasteiger partial charge in [-0.25, -0.2) is 8.42 Å². The van der Waals surface area contributed by atoms with Crippen LogP contribution in [-0.2, 0) is 21.3 Å². The van der Waals surface area contributed by atoms with Crippen molar-refractivity contribution in [1.82, 2.24) is 8.87 Å². The van der Waals surface area contributed by atoms with E-state index in [2.05, 4.69) is 0 Å². The molecule has 1 aromatic heterocycles. The summed E-state index contributed by atoms with van der Waals surface area (Å²) in [5, 5.41) is 0. The summed E-state index contributed by atoms with van der Waals surface area (Å²) in [6.07, 6.45) is 1.61. The van der Waals surface area contributed by atoms with Crippen molar-refractivity contribution in [2.75, 3.05) is 26.3 Å². The number of benzene rings is 1. The summed E-state index contributed by atoms with van der Waals surface area (Å²) in [6.45, 7) is 3.58. The normalized spacial score (nSPS) is 16.2. The summed E-state index contributed by atoms with van der Waals surface area (Å²) in [7, 11) is -3.79. The zero-order chi connectivity index (χ0) is 17.2. The molecule has 0 amide bonds. The zero-order valence-corrected chi connectivity index (χ0v) is 14.3. The Morgan fingerprint density at radius 1 is 1.08 bits per heavy atom. The first-order valence-corrected chi connectivity index (χ1v) is 9.25. The van der Waals surface area contributed by atoms with Gasteiger partial charge in [0.1, 0.15) is 4.90 Å². The van der Waals surface area contributed by atoms with E-state index >= 15 is 0 Å². The SMILES string of the molecule is Cc1ccc(Cn2cccc(S(=O)(=O)N3CCOCC3)c2=O)cc1. The smallest absolute Gasteiger partial charge is 0.271 e. The lowest BCUT2D eigenvalue weighted by atomic mass is 10.1. The van der Waals surface area contributed by atoms with E-state index < -0.39 is 15.6 Å². The van der Waals surface area contributed by atoms with Crippen LogP contribution in [0.3, 0.4) is 0 Å². The molecule has 0 aliphatic carbocycles. The predicted molar refractivity (Wildman–Crippen MR) is 90.6 cm³/mol. The van der Waals surface area contributed by atoms with Gasteiger partial charge in [-0.2, -0.15) is 4.31 Å². The van der Waals surface area contributed by atoms with Crippen molar-refractivity contribution >= 4 is 10.0 Å². The van der Waals surface area contributed by atoms with Crippen LogP contribution in [0.2, 0.25) is 0 Å². The molecule has 0 atom stereocenters. The monoisotopic (exact) mass is 348 g/mol. The van der Waals surface area contributed by atoms with E-state index in [1.807, 2.05) is 31.2 Å². The second kappa shape index (κ2) is 6.88. The van der Waals surface area contributed by atoms with E-state index in [9.17, 15) is 13.2 Å². The van der Waals surface area contributed by atoms with Crippen LogP contribution in [0.15, 0.2) is 52.3 Å². The Balaban J connectivity index is 1.93. The third-order valence-corrected chi connectivity index (χ3v) is 5.96. The topological polar surface area (TPSA) is 68.6 Å². The molecule has 3 rings (SSSR count). The lowest BCUT2D eigenvalue weighted by Gasteiger charge is -2.25. The summed E-state index contributed by atoms with van der Waals surface area (Å²) in [5.74, 6) is 0. The van der Waals surface area contributed by atoms with Gasteiger partial charge in [0.05, 0.1) is 19.8 Å². The van der Waals surface area contributed by atoms with E-state index in [-0.39, 0.29) is 18.0 Å². The van der Waals surface area contributed by atoms with E-state index in [4.69, 9.17) is 4.74 Å². The molecule has 128 valence electrons. The van der Waals surface area contributed by atoms with Crippen LogP contribution in [0.1, 0.15) is 11.1 Å². The molecule has 0 radical (unpaired) electrons. The summed E-state index contributed by atoms with van der Waals surface area (Å²) in [5.41, 5.74) is 1.59. The van der Waals surface area contributed by atoms with Crippen molar-refractivity contribution < 1.29 is 13.2 Å². The van der Waals surface area contributed by atoms with Gasteiger partial charge in [0.15, 0.2) is 0 Å². The number of pyridine rings is 1. The molecule has 0 saturated carbocycles. The van der Waals surface area contributed by atoms with Crippen LogP contribution in [0, 0.1) is 6.92 Å². The molecule has 0 bridgehead atoms. The maximum atomic E-state index is 12.7. The molecule has 24 heavy (non-hydrogen) atoms. The Bertz CT molecular complexity index is 866. The van der Waals surface area contributed by atoms with Crippen molar-refractivity contribution in [2.45, 2.75) is 18.4 Å². The molecule has 6 nitrogen and oxygen atoms in total. The average molecular weight is 348 g/mol. The highest BCUT2D eigenvalue weighted by Gasteiger charge is 2.29. The second-order valence-electron chi connectivity index (χ2n) is 5.81. The quantitative estimate of drug-likeness (QED) is 0.833. The molecule has 1 aliphatic rings. The standard InChI is InChI=1S/C17H20N2O4S/c1-14-4-6-15(7-5-14)13-18-8-2-3-16(17(18)20)24(21,22)19-9-11-23-12-10-19/h2-8H,9-13H2,1H3. The van der Waals surface area contributed by atoms with Gasteiger partial charge in [0.2, 0.25) is 10.0 Å². The van der Waals surface area contributed by atoms with Crippen LogP contribution in [0.4, 0.5) is 0 Å². The largest absolute Gasteiger partial charge is 0.379 e. The van der Waals surface area contributed by atoms with E-state index in [0.29, 0.717) is 19.8 Å². The van der Waals surface area contributed by atoms with Gasteiger partial charge >= 0.3 is 0 Å². The van der Waals surface area contributed by atoms with E-state index in [0.717, 1.165) is 11.1 Å². The maximum absolute atomic E-state index is 12.7. The Labute approximate surface area is 141 Å². The Morgan fingerprint density at radius 3 is 2.42 bits per heavy atom. The third kappa shape index (κ3) is 3.43. The lowest BCUT2D eigenvalue weighted by molar-refractivity contribution is 0.0730. The number of nitrogens with zero attached hydrogens (tertiary/aromatic N) is 2. The molecule has 7 heteroatoms. The van der Waals surface area contributed by atoms with Crippen molar-refractivity contribution in [3.8, 4) is 0 Å². The van der Waals surface area contributed by atoms with Gasteiger partial charge in [-0.15, -0.1) is 0 Å². The molecule has 1 aliphatic heterocycles. The molecule has 0 spiro atoms.